The summed E-state index contributed by atoms with van der Waals surface area (Å²) in [5.41, 5.74) is 5.74. The number of anilines is 2. The van der Waals surface area contributed by atoms with Gasteiger partial charge in [0.05, 0.1) is 23.2 Å². The fraction of sp³-hybridized carbons (Fsp3) is 0.222. The third-order valence-corrected chi connectivity index (χ3v) is 5.04. The van der Waals surface area contributed by atoms with Crippen molar-refractivity contribution in [3.05, 3.63) is 59.9 Å². The summed E-state index contributed by atoms with van der Waals surface area (Å²) in [5.74, 6) is -1.89. The van der Waals surface area contributed by atoms with Gasteiger partial charge in [0.25, 0.3) is 5.91 Å². The van der Waals surface area contributed by atoms with Crippen molar-refractivity contribution >= 4 is 33.2 Å². The number of nitrogens with two attached hydrogens (primary N) is 1. The summed E-state index contributed by atoms with van der Waals surface area (Å²) in [6.07, 6.45) is 1.11. The standard InChI is InChI=1S/C18H20FN3O4S/c1-3-16(18(24)21-15-7-5-4-6-14(15)17(20)23)22(27(2,25)26)13-10-8-12(19)9-11-13/h4-11,16H,3H2,1-2H3,(H2,20,23)(H,21,24)/t16-/m0/s1. The molecule has 0 heterocycles. The Labute approximate surface area is 157 Å². The molecule has 0 aliphatic carbocycles. The van der Waals surface area contributed by atoms with Crippen LogP contribution in [0.1, 0.15) is 23.7 Å². The van der Waals surface area contributed by atoms with E-state index in [2.05, 4.69) is 5.32 Å². The molecule has 0 radical (unpaired) electrons. The Morgan fingerprint density at radius 3 is 2.26 bits per heavy atom. The summed E-state index contributed by atoms with van der Waals surface area (Å²) in [4.78, 5) is 24.3. The zero-order valence-corrected chi connectivity index (χ0v) is 15.7. The molecule has 2 aromatic carbocycles. The number of halogens is 1. The van der Waals surface area contributed by atoms with Crippen molar-refractivity contribution in [2.24, 2.45) is 5.73 Å². The lowest BCUT2D eigenvalue weighted by Gasteiger charge is -2.30. The summed E-state index contributed by atoms with van der Waals surface area (Å²) in [7, 11) is -3.85. The van der Waals surface area contributed by atoms with Crippen molar-refractivity contribution in [2.45, 2.75) is 19.4 Å². The molecule has 0 aromatic heterocycles. The van der Waals surface area contributed by atoms with Crippen LogP contribution in [-0.4, -0.2) is 32.5 Å². The number of sulfonamides is 1. The van der Waals surface area contributed by atoms with Gasteiger partial charge in [0, 0.05) is 0 Å². The van der Waals surface area contributed by atoms with Gasteiger partial charge in [-0.05, 0) is 42.8 Å². The van der Waals surface area contributed by atoms with Crippen molar-refractivity contribution < 1.29 is 22.4 Å². The monoisotopic (exact) mass is 393 g/mol. The van der Waals surface area contributed by atoms with Crippen LogP contribution in [0.15, 0.2) is 48.5 Å². The van der Waals surface area contributed by atoms with Gasteiger partial charge in [-0.15, -0.1) is 0 Å². The zero-order chi connectivity index (χ0) is 20.2. The van der Waals surface area contributed by atoms with Crippen LogP contribution in [0.25, 0.3) is 0 Å². The fourth-order valence-electron chi connectivity index (χ4n) is 2.67. The van der Waals surface area contributed by atoms with Crippen molar-refractivity contribution in [1.29, 1.82) is 0 Å². The molecule has 0 aliphatic rings. The Bertz CT molecular complexity index is 945. The Balaban J connectivity index is 2.41. The summed E-state index contributed by atoms with van der Waals surface area (Å²) < 4.78 is 38.8. The minimum absolute atomic E-state index is 0.105. The first-order chi connectivity index (χ1) is 12.6. The number of carbonyl (C=O) groups is 2. The Hall–Kier alpha value is -2.94. The van der Waals surface area contributed by atoms with E-state index in [0.717, 1.165) is 22.7 Å². The molecule has 0 spiro atoms. The number of primary amides is 1. The van der Waals surface area contributed by atoms with Crippen LogP contribution in [-0.2, 0) is 14.8 Å². The summed E-state index contributed by atoms with van der Waals surface area (Å²) in [5, 5.41) is 2.56. The highest BCUT2D eigenvalue weighted by Gasteiger charge is 2.32. The number of carbonyl (C=O) groups excluding carboxylic acids is 2. The number of amides is 2. The van der Waals surface area contributed by atoms with E-state index in [1.54, 1.807) is 19.1 Å². The van der Waals surface area contributed by atoms with E-state index in [0.29, 0.717) is 0 Å². The molecule has 0 unspecified atom stereocenters. The molecule has 27 heavy (non-hydrogen) atoms. The second-order valence-corrected chi connectivity index (χ2v) is 7.72. The molecular weight excluding hydrogens is 373 g/mol. The maximum absolute atomic E-state index is 13.2. The van der Waals surface area contributed by atoms with Crippen molar-refractivity contribution in [3.63, 3.8) is 0 Å². The number of benzene rings is 2. The van der Waals surface area contributed by atoms with E-state index >= 15 is 0 Å². The highest BCUT2D eigenvalue weighted by atomic mass is 32.2. The lowest BCUT2D eigenvalue weighted by atomic mass is 10.1. The molecule has 0 saturated carbocycles. The molecule has 0 fully saturated rings. The van der Waals surface area contributed by atoms with Crippen LogP contribution in [0.4, 0.5) is 15.8 Å². The molecule has 144 valence electrons. The lowest BCUT2D eigenvalue weighted by molar-refractivity contribution is -0.117. The smallest absolute Gasteiger partial charge is 0.250 e. The van der Waals surface area contributed by atoms with Gasteiger partial charge in [0.15, 0.2) is 0 Å². The first-order valence-corrected chi connectivity index (χ1v) is 9.94. The van der Waals surface area contributed by atoms with Gasteiger partial charge in [-0.2, -0.15) is 0 Å². The first-order valence-electron chi connectivity index (χ1n) is 8.09. The number of nitrogens with one attached hydrogen (secondary N) is 1. The van der Waals surface area contributed by atoms with Crippen LogP contribution in [0.5, 0.6) is 0 Å². The number of hydrogen-bond acceptors (Lipinski definition) is 4. The normalized spacial score (nSPS) is 12.3. The van der Waals surface area contributed by atoms with E-state index in [1.165, 1.54) is 24.3 Å². The first kappa shape index (κ1) is 20.4. The van der Waals surface area contributed by atoms with Gasteiger partial charge in [-0.3, -0.25) is 13.9 Å². The number of para-hydroxylation sites is 1. The Kier molecular flexibility index (Phi) is 6.17. The SMILES string of the molecule is CC[C@@H](C(=O)Nc1ccccc1C(N)=O)N(c1ccc(F)cc1)S(C)(=O)=O. The molecule has 2 amide bonds. The average molecular weight is 393 g/mol. The molecule has 2 rings (SSSR count). The molecule has 2 aromatic rings. The lowest BCUT2D eigenvalue weighted by Crippen LogP contribution is -2.47. The Morgan fingerprint density at radius 2 is 1.74 bits per heavy atom. The van der Waals surface area contributed by atoms with E-state index in [9.17, 15) is 22.4 Å². The molecule has 1 atom stereocenters. The van der Waals surface area contributed by atoms with Gasteiger partial charge < -0.3 is 11.1 Å². The molecule has 0 aliphatic heterocycles. The van der Waals surface area contributed by atoms with Gasteiger partial charge in [-0.25, -0.2) is 12.8 Å². The summed E-state index contributed by atoms with van der Waals surface area (Å²) in [6.45, 7) is 1.64. The Morgan fingerprint density at radius 1 is 1.15 bits per heavy atom. The van der Waals surface area contributed by atoms with E-state index in [-0.39, 0.29) is 23.4 Å². The maximum atomic E-state index is 13.2. The molecule has 9 heteroatoms. The third-order valence-electron chi connectivity index (χ3n) is 3.86. The van der Waals surface area contributed by atoms with Crippen LogP contribution in [0.2, 0.25) is 0 Å². The minimum Gasteiger partial charge on any atom is -0.366 e. The van der Waals surface area contributed by atoms with Crippen LogP contribution >= 0.6 is 0 Å². The number of nitrogens with zero attached hydrogens (tertiary/aromatic N) is 1. The molecule has 0 saturated heterocycles. The maximum Gasteiger partial charge on any atom is 0.250 e. The van der Waals surface area contributed by atoms with Gasteiger partial charge >= 0.3 is 0 Å². The molecule has 7 nitrogen and oxygen atoms in total. The summed E-state index contributed by atoms with van der Waals surface area (Å²) >= 11 is 0. The molecule has 0 bridgehead atoms. The number of hydrogen-bond donors (Lipinski definition) is 2. The van der Waals surface area contributed by atoms with E-state index < -0.39 is 33.7 Å². The molecular formula is C18H20FN3O4S. The van der Waals surface area contributed by atoms with Crippen molar-refractivity contribution in [3.8, 4) is 0 Å². The topological polar surface area (TPSA) is 110 Å². The summed E-state index contributed by atoms with van der Waals surface area (Å²) in [6, 6.07) is 9.83. The predicted molar refractivity (Wildman–Crippen MR) is 101 cm³/mol. The number of rotatable bonds is 7. The second kappa shape index (κ2) is 8.17. The average Bonchev–Trinajstić information content (AvgIpc) is 2.59. The quantitative estimate of drug-likeness (QED) is 0.751. The van der Waals surface area contributed by atoms with Gasteiger partial charge in [0.2, 0.25) is 15.9 Å². The van der Waals surface area contributed by atoms with E-state index in [1.807, 2.05) is 0 Å². The van der Waals surface area contributed by atoms with Gasteiger partial charge in [-0.1, -0.05) is 19.1 Å². The molecule has 3 N–H and O–H groups in total. The highest BCUT2D eigenvalue weighted by Crippen LogP contribution is 2.24. The van der Waals surface area contributed by atoms with Gasteiger partial charge in [0.1, 0.15) is 11.9 Å². The highest BCUT2D eigenvalue weighted by molar-refractivity contribution is 7.92. The minimum atomic E-state index is -3.85. The van der Waals surface area contributed by atoms with Crippen molar-refractivity contribution in [1.82, 2.24) is 0 Å². The predicted octanol–water partition coefficient (Wildman–Crippen LogP) is 2.11. The van der Waals surface area contributed by atoms with Crippen LogP contribution < -0.4 is 15.4 Å². The van der Waals surface area contributed by atoms with Crippen molar-refractivity contribution in [2.75, 3.05) is 15.9 Å². The largest absolute Gasteiger partial charge is 0.366 e. The second-order valence-electron chi connectivity index (χ2n) is 5.86. The van der Waals surface area contributed by atoms with Crippen LogP contribution in [0, 0.1) is 5.82 Å². The third kappa shape index (κ3) is 4.82. The van der Waals surface area contributed by atoms with Crippen LogP contribution in [0.3, 0.4) is 0 Å². The fourth-order valence-corrected chi connectivity index (χ4v) is 3.88. The van der Waals surface area contributed by atoms with E-state index in [4.69, 9.17) is 5.73 Å². The zero-order valence-electron chi connectivity index (χ0n) is 14.8.